The molecular weight excluding hydrogens is 232 g/mol. The molecule has 2 unspecified atom stereocenters. The first-order valence-corrected chi connectivity index (χ1v) is 6.56. The first-order valence-electron chi connectivity index (χ1n) is 6.56. The van der Waals surface area contributed by atoms with Gasteiger partial charge in [-0.3, -0.25) is 4.79 Å². The second-order valence-electron chi connectivity index (χ2n) is 4.78. The first kappa shape index (κ1) is 13.0. The van der Waals surface area contributed by atoms with Gasteiger partial charge in [-0.05, 0) is 12.8 Å². The van der Waals surface area contributed by atoms with Gasteiger partial charge in [0.1, 0.15) is 0 Å². The van der Waals surface area contributed by atoms with Crippen molar-refractivity contribution in [2.24, 2.45) is 11.7 Å². The summed E-state index contributed by atoms with van der Waals surface area (Å²) in [7, 11) is 0. The number of carbonyl (C=O) groups excluding carboxylic acids is 1. The van der Waals surface area contributed by atoms with E-state index in [1.54, 1.807) is 0 Å². The maximum absolute atomic E-state index is 12.0. The number of nitrogens with zero attached hydrogens (tertiary/aromatic N) is 2. The number of hydrogen-bond acceptors (Lipinski definition) is 5. The van der Waals surface area contributed by atoms with Gasteiger partial charge in [-0.15, -0.1) is 0 Å². The fourth-order valence-electron chi connectivity index (χ4n) is 2.39. The quantitative estimate of drug-likeness (QED) is 0.767. The summed E-state index contributed by atoms with van der Waals surface area (Å²) in [6.07, 6.45) is 7.17. The van der Waals surface area contributed by atoms with Crippen LogP contribution in [0.15, 0.2) is 10.9 Å². The molecule has 1 fully saturated rings. The zero-order chi connectivity index (χ0) is 12.8. The van der Waals surface area contributed by atoms with E-state index in [0.29, 0.717) is 18.9 Å². The van der Waals surface area contributed by atoms with Gasteiger partial charge in [-0.2, -0.15) is 4.98 Å². The Morgan fingerprint density at radius 3 is 3.06 bits per heavy atom. The Morgan fingerprint density at radius 1 is 1.44 bits per heavy atom. The van der Waals surface area contributed by atoms with E-state index < -0.39 is 0 Å². The average molecular weight is 252 g/mol. The van der Waals surface area contributed by atoms with Gasteiger partial charge in [0, 0.05) is 19.0 Å². The molecule has 0 aromatic carbocycles. The molecule has 0 bridgehead atoms. The SMILES string of the molecule is NC1CCCCCC1C(=O)NCCc1ncno1. The number of nitrogens with two attached hydrogens (primary N) is 1. The average Bonchev–Trinajstić information content (AvgIpc) is 2.77. The van der Waals surface area contributed by atoms with Crippen molar-refractivity contribution in [3.63, 3.8) is 0 Å². The Bertz CT molecular complexity index is 366. The Balaban J connectivity index is 1.76. The summed E-state index contributed by atoms with van der Waals surface area (Å²) in [6.45, 7) is 0.518. The van der Waals surface area contributed by atoms with Crippen LogP contribution < -0.4 is 11.1 Å². The zero-order valence-electron chi connectivity index (χ0n) is 10.5. The van der Waals surface area contributed by atoms with Crippen LogP contribution in [0.4, 0.5) is 0 Å². The molecule has 1 aliphatic rings. The zero-order valence-corrected chi connectivity index (χ0v) is 10.5. The van der Waals surface area contributed by atoms with Gasteiger partial charge in [0.05, 0.1) is 5.92 Å². The van der Waals surface area contributed by atoms with Gasteiger partial charge in [0.15, 0.2) is 6.33 Å². The summed E-state index contributed by atoms with van der Waals surface area (Å²) >= 11 is 0. The number of rotatable bonds is 4. The first-order chi connectivity index (χ1) is 8.77. The van der Waals surface area contributed by atoms with Crippen LogP contribution in [-0.2, 0) is 11.2 Å². The van der Waals surface area contributed by atoms with E-state index in [1.807, 2.05) is 0 Å². The van der Waals surface area contributed by atoms with Crippen LogP contribution in [0, 0.1) is 5.92 Å². The molecular formula is C12H20N4O2. The predicted octanol–water partition coefficient (Wildman–Crippen LogP) is 0.636. The van der Waals surface area contributed by atoms with E-state index in [2.05, 4.69) is 15.5 Å². The summed E-state index contributed by atoms with van der Waals surface area (Å²) in [6, 6.07) is -0.00379. The van der Waals surface area contributed by atoms with Crippen molar-refractivity contribution >= 4 is 5.91 Å². The van der Waals surface area contributed by atoms with Crippen LogP contribution >= 0.6 is 0 Å². The van der Waals surface area contributed by atoms with Crippen molar-refractivity contribution < 1.29 is 9.32 Å². The molecule has 0 spiro atoms. The second-order valence-corrected chi connectivity index (χ2v) is 4.78. The van der Waals surface area contributed by atoms with Crippen LogP contribution in [0.25, 0.3) is 0 Å². The molecule has 0 radical (unpaired) electrons. The van der Waals surface area contributed by atoms with E-state index in [0.717, 1.165) is 25.7 Å². The maximum atomic E-state index is 12.0. The summed E-state index contributed by atoms with van der Waals surface area (Å²) < 4.78 is 4.86. The van der Waals surface area contributed by atoms with Crippen molar-refractivity contribution in [1.82, 2.24) is 15.5 Å². The van der Waals surface area contributed by atoms with Crippen molar-refractivity contribution in [3.8, 4) is 0 Å². The molecule has 6 heteroatoms. The van der Waals surface area contributed by atoms with E-state index in [9.17, 15) is 4.79 Å². The van der Waals surface area contributed by atoms with Crippen LogP contribution in [0.2, 0.25) is 0 Å². The summed E-state index contributed by atoms with van der Waals surface area (Å²) in [4.78, 5) is 15.9. The highest BCUT2D eigenvalue weighted by Gasteiger charge is 2.26. The molecule has 3 N–H and O–H groups in total. The van der Waals surface area contributed by atoms with Gasteiger partial charge in [0.25, 0.3) is 0 Å². The normalized spacial score (nSPS) is 24.5. The largest absolute Gasteiger partial charge is 0.355 e. The fraction of sp³-hybridized carbons (Fsp3) is 0.750. The van der Waals surface area contributed by atoms with Gasteiger partial charge < -0.3 is 15.6 Å². The lowest BCUT2D eigenvalue weighted by Gasteiger charge is -2.20. The summed E-state index contributed by atoms with van der Waals surface area (Å²) in [5.41, 5.74) is 6.04. The smallest absolute Gasteiger partial charge is 0.228 e. The van der Waals surface area contributed by atoms with E-state index in [4.69, 9.17) is 10.3 Å². The third-order valence-corrected chi connectivity index (χ3v) is 3.45. The molecule has 6 nitrogen and oxygen atoms in total. The molecule has 0 aliphatic heterocycles. The van der Waals surface area contributed by atoms with Gasteiger partial charge in [-0.25, -0.2) is 0 Å². The molecule has 100 valence electrons. The van der Waals surface area contributed by atoms with Crippen molar-refractivity contribution in [3.05, 3.63) is 12.2 Å². The van der Waals surface area contributed by atoms with E-state index in [-0.39, 0.29) is 17.9 Å². The minimum absolute atomic E-state index is 0.00379. The lowest BCUT2D eigenvalue weighted by Crippen LogP contribution is -2.41. The number of nitrogens with one attached hydrogen (secondary N) is 1. The monoisotopic (exact) mass is 252 g/mol. The predicted molar refractivity (Wildman–Crippen MR) is 65.6 cm³/mol. The second kappa shape index (κ2) is 6.49. The number of carbonyl (C=O) groups is 1. The Labute approximate surface area is 106 Å². The van der Waals surface area contributed by atoms with Gasteiger partial charge >= 0.3 is 0 Å². The van der Waals surface area contributed by atoms with E-state index in [1.165, 1.54) is 12.7 Å². The minimum Gasteiger partial charge on any atom is -0.355 e. The molecule has 18 heavy (non-hydrogen) atoms. The molecule has 1 aromatic rings. The van der Waals surface area contributed by atoms with Gasteiger partial charge in [-0.1, -0.05) is 24.4 Å². The molecule has 1 amide bonds. The van der Waals surface area contributed by atoms with Crippen LogP contribution in [0.1, 0.15) is 38.0 Å². The highest BCUT2D eigenvalue weighted by molar-refractivity contribution is 5.79. The molecule has 1 aliphatic carbocycles. The Kier molecular flexibility index (Phi) is 4.69. The Morgan fingerprint density at radius 2 is 2.28 bits per heavy atom. The van der Waals surface area contributed by atoms with Crippen LogP contribution in [-0.4, -0.2) is 28.6 Å². The van der Waals surface area contributed by atoms with Crippen molar-refractivity contribution in [2.45, 2.75) is 44.6 Å². The third-order valence-electron chi connectivity index (χ3n) is 3.45. The fourth-order valence-corrected chi connectivity index (χ4v) is 2.39. The van der Waals surface area contributed by atoms with Crippen LogP contribution in [0.3, 0.4) is 0 Å². The molecule has 1 heterocycles. The van der Waals surface area contributed by atoms with Gasteiger partial charge in [0.2, 0.25) is 11.8 Å². The molecule has 0 saturated heterocycles. The highest BCUT2D eigenvalue weighted by atomic mass is 16.5. The minimum atomic E-state index is -0.0461. The Hall–Kier alpha value is -1.43. The van der Waals surface area contributed by atoms with E-state index >= 15 is 0 Å². The topological polar surface area (TPSA) is 94.0 Å². The molecule has 2 atom stereocenters. The number of amides is 1. The lowest BCUT2D eigenvalue weighted by molar-refractivity contribution is -0.125. The van der Waals surface area contributed by atoms with Crippen LogP contribution in [0.5, 0.6) is 0 Å². The standard InChI is InChI=1S/C12H20N4O2/c13-10-5-3-1-2-4-9(10)12(17)14-7-6-11-15-8-16-18-11/h8-10H,1-7,13H2,(H,14,17). The molecule has 2 rings (SSSR count). The number of hydrogen-bond donors (Lipinski definition) is 2. The third kappa shape index (κ3) is 3.53. The highest BCUT2D eigenvalue weighted by Crippen LogP contribution is 2.22. The lowest BCUT2D eigenvalue weighted by atomic mass is 9.94. The summed E-state index contributed by atoms with van der Waals surface area (Å²) in [5.74, 6) is 0.555. The molecule has 1 aromatic heterocycles. The number of aromatic nitrogens is 2. The summed E-state index contributed by atoms with van der Waals surface area (Å²) in [5, 5.41) is 6.42. The van der Waals surface area contributed by atoms with Crippen molar-refractivity contribution in [2.75, 3.05) is 6.54 Å². The van der Waals surface area contributed by atoms with Crippen molar-refractivity contribution in [1.29, 1.82) is 0 Å². The molecule has 1 saturated carbocycles. The maximum Gasteiger partial charge on any atom is 0.228 e.